The lowest BCUT2D eigenvalue weighted by Gasteiger charge is -2.29. The molecule has 0 bridgehead atoms. The van der Waals surface area contributed by atoms with Crippen LogP contribution in [0.15, 0.2) is 0 Å². The van der Waals surface area contributed by atoms with Gasteiger partial charge in [-0.05, 0) is 12.8 Å². The van der Waals surface area contributed by atoms with Crippen molar-refractivity contribution in [3.8, 4) is 0 Å². The summed E-state index contributed by atoms with van der Waals surface area (Å²) in [5.74, 6) is 0.913. The fourth-order valence-electron chi connectivity index (χ4n) is 2.28. The Bertz CT molecular complexity index is 147. The Morgan fingerprint density at radius 3 is 2.42 bits per heavy atom. The zero-order valence-electron chi connectivity index (χ0n) is 7.50. The van der Waals surface area contributed by atoms with Gasteiger partial charge in [-0.25, -0.2) is 0 Å². The minimum absolute atomic E-state index is 0.625. The van der Waals surface area contributed by atoms with Crippen LogP contribution < -0.4 is 0 Å². The fraction of sp³-hybridized carbons (Fsp3) is 1.00. The van der Waals surface area contributed by atoms with Gasteiger partial charge in [0.05, 0.1) is 6.04 Å². The summed E-state index contributed by atoms with van der Waals surface area (Å²) in [5, 5.41) is 0. The molecule has 0 aromatic rings. The molecule has 1 atom stereocenters. The second-order valence-electron chi connectivity index (χ2n) is 3.81. The second-order valence-corrected chi connectivity index (χ2v) is 5.33. The van der Waals surface area contributed by atoms with Gasteiger partial charge in [0.15, 0.2) is 0 Å². The first kappa shape index (κ1) is 8.85. The van der Waals surface area contributed by atoms with Gasteiger partial charge in [-0.1, -0.05) is 19.3 Å². The minimum Gasteiger partial charge on any atom is -0.598 e. The van der Waals surface area contributed by atoms with E-state index < -0.39 is 11.4 Å². The smallest absolute Gasteiger partial charge is 0.127 e. The molecule has 0 N–H and O–H groups in total. The standard InChI is InChI=1S/C9H17NOS/c11-12-8-4-7-10(12)9-5-2-1-3-6-9/h9H,1-8H2. The lowest BCUT2D eigenvalue weighted by molar-refractivity contribution is 0.267. The van der Waals surface area contributed by atoms with Crippen molar-refractivity contribution in [1.82, 2.24) is 4.31 Å². The largest absolute Gasteiger partial charge is 0.598 e. The first-order valence-corrected chi connectivity index (χ1v) is 6.30. The molecule has 1 aliphatic carbocycles. The highest BCUT2D eigenvalue weighted by Crippen LogP contribution is 2.27. The van der Waals surface area contributed by atoms with Gasteiger partial charge in [0.25, 0.3) is 0 Å². The van der Waals surface area contributed by atoms with E-state index in [9.17, 15) is 4.55 Å². The molecule has 2 rings (SSSR count). The molecule has 0 amide bonds. The highest BCUT2D eigenvalue weighted by molar-refractivity contribution is 7.89. The van der Waals surface area contributed by atoms with E-state index in [1.165, 1.54) is 32.1 Å². The lowest BCUT2D eigenvalue weighted by Crippen LogP contribution is -2.37. The molecule has 70 valence electrons. The predicted octanol–water partition coefficient (Wildman–Crippen LogP) is 1.69. The summed E-state index contributed by atoms with van der Waals surface area (Å²) in [6.45, 7) is 1.08. The van der Waals surface area contributed by atoms with Crippen LogP contribution in [0.5, 0.6) is 0 Å². The van der Waals surface area contributed by atoms with Crippen LogP contribution in [-0.2, 0) is 11.4 Å². The van der Waals surface area contributed by atoms with Gasteiger partial charge in [0, 0.05) is 24.3 Å². The summed E-state index contributed by atoms with van der Waals surface area (Å²) in [6.07, 6.45) is 7.79. The van der Waals surface area contributed by atoms with Crippen LogP contribution in [0.3, 0.4) is 0 Å². The summed E-state index contributed by atoms with van der Waals surface area (Å²) in [6, 6.07) is 0.655. The Kier molecular flexibility index (Phi) is 2.94. The molecule has 1 unspecified atom stereocenters. The van der Waals surface area contributed by atoms with Crippen LogP contribution in [0.4, 0.5) is 0 Å². The average molecular weight is 187 g/mol. The van der Waals surface area contributed by atoms with Crippen LogP contribution >= 0.6 is 0 Å². The van der Waals surface area contributed by atoms with Crippen LogP contribution in [-0.4, -0.2) is 27.2 Å². The molecule has 0 spiro atoms. The molecule has 2 aliphatic rings. The van der Waals surface area contributed by atoms with Crippen LogP contribution in [0.2, 0.25) is 0 Å². The van der Waals surface area contributed by atoms with Gasteiger partial charge in [-0.2, -0.15) is 0 Å². The Labute approximate surface area is 77.6 Å². The van der Waals surface area contributed by atoms with Crippen molar-refractivity contribution in [2.45, 2.75) is 44.6 Å². The first-order valence-electron chi connectivity index (χ1n) is 5.03. The molecule has 1 heterocycles. The molecule has 0 aromatic heterocycles. The summed E-state index contributed by atoms with van der Waals surface area (Å²) < 4.78 is 13.7. The highest BCUT2D eigenvalue weighted by Gasteiger charge is 2.33. The minimum atomic E-state index is -0.625. The summed E-state index contributed by atoms with van der Waals surface area (Å²) in [5.41, 5.74) is 0. The topological polar surface area (TPSA) is 26.3 Å². The van der Waals surface area contributed by atoms with E-state index in [4.69, 9.17) is 0 Å². The monoisotopic (exact) mass is 187 g/mol. The lowest BCUT2D eigenvalue weighted by atomic mass is 9.95. The number of nitrogens with zero attached hydrogens (tertiary/aromatic N) is 1. The van der Waals surface area contributed by atoms with Crippen molar-refractivity contribution in [2.75, 3.05) is 12.3 Å². The van der Waals surface area contributed by atoms with Crippen molar-refractivity contribution >= 4 is 11.4 Å². The summed E-state index contributed by atoms with van der Waals surface area (Å²) >= 11 is -0.625. The Hall–Kier alpha value is 0.270. The number of hydrogen-bond acceptors (Lipinski definition) is 2. The summed E-state index contributed by atoms with van der Waals surface area (Å²) in [7, 11) is 0. The van der Waals surface area contributed by atoms with E-state index in [1.54, 1.807) is 0 Å². The molecule has 12 heavy (non-hydrogen) atoms. The maximum atomic E-state index is 11.5. The molecule has 2 fully saturated rings. The second kappa shape index (κ2) is 3.99. The molecule has 2 nitrogen and oxygen atoms in total. The Balaban J connectivity index is 1.89. The van der Waals surface area contributed by atoms with Gasteiger partial charge < -0.3 is 4.55 Å². The van der Waals surface area contributed by atoms with Gasteiger partial charge in [0.2, 0.25) is 0 Å². The van der Waals surface area contributed by atoms with Gasteiger partial charge >= 0.3 is 0 Å². The molecule has 1 saturated heterocycles. The van der Waals surface area contributed by atoms with Crippen LogP contribution in [0.25, 0.3) is 0 Å². The molecule has 3 heteroatoms. The maximum Gasteiger partial charge on any atom is 0.127 e. The molecular formula is C9H17NOS. The zero-order valence-corrected chi connectivity index (χ0v) is 8.31. The van der Waals surface area contributed by atoms with Crippen molar-refractivity contribution in [3.05, 3.63) is 0 Å². The van der Waals surface area contributed by atoms with E-state index in [1.807, 2.05) is 0 Å². The third kappa shape index (κ3) is 1.78. The van der Waals surface area contributed by atoms with E-state index in [2.05, 4.69) is 4.31 Å². The first-order chi connectivity index (χ1) is 5.88. The summed E-state index contributed by atoms with van der Waals surface area (Å²) in [4.78, 5) is 0. The average Bonchev–Trinajstić information content (AvgIpc) is 2.53. The van der Waals surface area contributed by atoms with Gasteiger partial charge in [-0.3, -0.25) is 0 Å². The van der Waals surface area contributed by atoms with Crippen molar-refractivity contribution < 1.29 is 4.55 Å². The quantitative estimate of drug-likeness (QED) is 0.584. The zero-order chi connectivity index (χ0) is 8.39. The molecular weight excluding hydrogens is 170 g/mol. The Morgan fingerprint density at radius 2 is 1.83 bits per heavy atom. The number of rotatable bonds is 1. The molecule has 0 radical (unpaired) electrons. The molecule has 1 aliphatic heterocycles. The number of hydrogen-bond donors (Lipinski definition) is 0. The Morgan fingerprint density at radius 1 is 1.08 bits per heavy atom. The van der Waals surface area contributed by atoms with Crippen LogP contribution in [0, 0.1) is 0 Å². The maximum absolute atomic E-state index is 11.5. The van der Waals surface area contributed by atoms with Crippen LogP contribution in [0.1, 0.15) is 38.5 Å². The third-order valence-corrected chi connectivity index (χ3v) is 4.58. The van der Waals surface area contributed by atoms with E-state index in [0.717, 1.165) is 18.7 Å². The van der Waals surface area contributed by atoms with E-state index >= 15 is 0 Å². The normalized spacial score (nSPS) is 34.2. The highest BCUT2D eigenvalue weighted by atomic mass is 32.2. The van der Waals surface area contributed by atoms with Gasteiger partial charge in [0.1, 0.15) is 5.75 Å². The van der Waals surface area contributed by atoms with Crippen molar-refractivity contribution in [3.63, 3.8) is 0 Å². The van der Waals surface area contributed by atoms with Crippen molar-refractivity contribution in [2.24, 2.45) is 0 Å². The van der Waals surface area contributed by atoms with Crippen molar-refractivity contribution in [1.29, 1.82) is 0 Å². The molecule has 0 aromatic carbocycles. The van der Waals surface area contributed by atoms with Gasteiger partial charge in [-0.15, -0.1) is 4.31 Å². The van der Waals surface area contributed by atoms with E-state index in [-0.39, 0.29) is 0 Å². The fourth-order valence-corrected chi connectivity index (χ4v) is 3.77. The van der Waals surface area contributed by atoms with E-state index in [0.29, 0.717) is 6.04 Å². The third-order valence-electron chi connectivity index (χ3n) is 2.94. The predicted molar refractivity (Wildman–Crippen MR) is 51.2 cm³/mol. The SMILES string of the molecule is [O-][S+]1CCCN1C1CCCCC1. The molecule has 1 saturated carbocycles.